The van der Waals surface area contributed by atoms with Crippen molar-refractivity contribution in [1.82, 2.24) is 4.57 Å². The average Bonchev–Trinajstić information content (AvgIpc) is 3.25. The van der Waals surface area contributed by atoms with Gasteiger partial charge in [-0.1, -0.05) is 53.8 Å². The molecular formula is C28H25NO7S. The third-order valence-electron chi connectivity index (χ3n) is 5.88. The number of carbonyl (C=O) groups excluding carboxylic acids is 3. The molecule has 3 aromatic carbocycles. The van der Waals surface area contributed by atoms with Crippen LogP contribution in [0, 0.1) is 5.92 Å². The molecule has 1 aromatic heterocycles. The van der Waals surface area contributed by atoms with Crippen LogP contribution in [0.2, 0.25) is 0 Å². The Labute approximate surface area is 217 Å². The highest BCUT2D eigenvalue weighted by atomic mass is 32.1. The van der Waals surface area contributed by atoms with Gasteiger partial charge in [-0.2, -0.15) is 0 Å². The molecule has 9 heteroatoms. The van der Waals surface area contributed by atoms with E-state index in [-0.39, 0.29) is 23.7 Å². The van der Waals surface area contributed by atoms with Crippen molar-refractivity contribution >= 4 is 39.3 Å². The maximum absolute atomic E-state index is 12.7. The molecule has 0 amide bonds. The molecule has 0 aliphatic rings. The van der Waals surface area contributed by atoms with Gasteiger partial charge < -0.3 is 14.2 Å². The number of esters is 2. The Morgan fingerprint density at radius 2 is 1.54 bits per heavy atom. The molecule has 0 fully saturated rings. The number of fused-ring (bicyclic) bond motifs is 1. The van der Waals surface area contributed by atoms with Crippen LogP contribution >= 0.6 is 11.3 Å². The molecule has 1 heterocycles. The molecule has 4 aromatic rings. The minimum absolute atomic E-state index is 0.0915. The summed E-state index contributed by atoms with van der Waals surface area (Å²) < 4.78 is 17.6. The number of ether oxygens (including phenoxy) is 3. The molecule has 4 rings (SSSR count). The average molecular weight is 520 g/mol. The van der Waals surface area contributed by atoms with Crippen LogP contribution in [0.5, 0.6) is 5.75 Å². The minimum Gasteiger partial charge on any atom is -0.492 e. The Kier molecular flexibility index (Phi) is 8.15. The van der Waals surface area contributed by atoms with Gasteiger partial charge in [0, 0.05) is 11.1 Å². The fraction of sp³-hybridized carbons (Fsp3) is 0.214. The normalized spacial score (nSPS) is 10.9. The predicted octanol–water partition coefficient (Wildman–Crippen LogP) is 3.88. The molecule has 0 radical (unpaired) electrons. The Morgan fingerprint density at radius 3 is 2.19 bits per heavy atom. The third kappa shape index (κ3) is 5.95. The van der Waals surface area contributed by atoms with Crippen molar-refractivity contribution in [3.63, 3.8) is 0 Å². The highest BCUT2D eigenvalue weighted by Crippen LogP contribution is 2.22. The topological polar surface area (TPSA) is 101 Å². The van der Waals surface area contributed by atoms with Crippen LogP contribution in [0.3, 0.4) is 0 Å². The second kappa shape index (κ2) is 11.7. The number of hydrogen-bond donors (Lipinski definition) is 0. The number of carbonyl (C=O) groups is 3. The van der Waals surface area contributed by atoms with Gasteiger partial charge in [0.05, 0.1) is 31.0 Å². The lowest BCUT2D eigenvalue weighted by atomic mass is 9.99. The lowest BCUT2D eigenvalue weighted by molar-refractivity contribution is -0.158. The van der Waals surface area contributed by atoms with E-state index in [2.05, 4.69) is 0 Å². The van der Waals surface area contributed by atoms with Crippen molar-refractivity contribution in [2.45, 2.75) is 13.0 Å². The largest absolute Gasteiger partial charge is 0.492 e. The summed E-state index contributed by atoms with van der Waals surface area (Å²) >= 11 is 1.09. The van der Waals surface area contributed by atoms with Gasteiger partial charge in [0.15, 0.2) is 11.7 Å². The number of methoxy groups -OCH3 is 2. The molecule has 0 aliphatic heterocycles. The molecule has 0 aliphatic carbocycles. The zero-order valence-electron chi connectivity index (χ0n) is 20.3. The fourth-order valence-corrected chi connectivity index (χ4v) is 4.89. The molecule has 0 unspecified atom stereocenters. The zero-order valence-corrected chi connectivity index (χ0v) is 21.2. The summed E-state index contributed by atoms with van der Waals surface area (Å²) in [5.74, 6) is -1.86. The van der Waals surface area contributed by atoms with Crippen molar-refractivity contribution in [2.24, 2.45) is 5.92 Å². The predicted molar refractivity (Wildman–Crippen MR) is 139 cm³/mol. The smallest absolute Gasteiger partial charge is 0.320 e. The molecular weight excluding hydrogens is 494 g/mol. The number of benzene rings is 3. The van der Waals surface area contributed by atoms with Gasteiger partial charge in [-0.25, -0.2) is 0 Å². The number of nitrogens with zero attached hydrogens (tertiary/aromatic N) is 1. The van der Waals surface area contributed by atoms with Crippen LogP contribution in [0.15, 0.2) is 77.6 Å². The first-order valence-corrected chi connectivity index (χ1v) is 12.3. The molecule has 37 heavy (non-hydrogen) atoms. The Bertz CT molecular complexity index is 1460. The summed E-state index contributed by atoms with van der Waals surface area (Å²) in [7, 11) is 2.45. The van der Waals surface area contributed by atoms with Gasteiger partial charge in [-0.3, -0.25) is 23.7 Å². The maximum Gasteiger partial charge on any atom is 0.320 e. The molecule has 0 saturated heterocycles. The van der Waals surface area contributed by atoms with E-state index in [9.17, 15) is 19.2 Å². The Morgan fingerprint density at radius 1 is 0.865 bits per heavy atom. The van der Waals surface area contributed by atoms with Gasteiger partial charge in [-0.05, 0) is 42.3 Å². The molecule has 0 atom stereocenters. The monoisotopic (exact) mass is 519 g/mol. The van der Waals surface area contributed by atoms with Crippen LogP contribution in [-0.4, -0.2) is 43.1 Å². The summed E-state index contributed by atoms with van der Waals surface area (Å²) in [6.45, 7) is 0.585. The summed E-state index contributed by atoms with van der Waals surface area (Å²) in [6, 6.07) is 21.3. The SMILES string of the molecule is COC(=O)C(Cc1ccc(OCCn2c(=O)sc3cc(C(=O)c4ccccc4)ccc32)cc1)C(=O)OC. The van der Waals surface area contributed by atoms with Crippen LogP contribution in [0.4, 0.5) is 0 Å². The number of thiazole rings is 1. The van der Waals surface area contributed by atoms with Crippen LogP contribution in [0.1, 0.15) is 21.5 Å². The van der Waals surface area contributed by atoms with E-state index in [0.29, 0.717) is 23.4 Å². The van der Waals surface area contributed by atoms with Crippen LogP contribution < -0.4 is 9.61 Å². The second-order valence-electron chi connectivity index (χ2n) is 8.19. The van der Waals surface area contributed by atoms with Crippen molar-refractivity contribution in [3.05, 3.63) is 99.2 Å². The van der Waals surface area contributed by atoms with E-state index < -0.39 is 17.9 Å². The lowest BCUT2D eigenvalue weighted by Crippen LogP contribution is -2.28. The van der Waals surface area contributed by atoms with Gasteiger partial charge in [0.2, 0.25) is 0 Å². The molecule has 8 nitrogen and oxygen atoms in total. The van der Waals surface area contributed by atoms with Gasteiger partial charge in [0.1, 0.15) is 12.4 Å². The van der Waals surface area contributed by atoms with E-state index in [1.54, 1.807) is 59.2 Å². The molecule has 0 saturated carbocycles. The number of ketones is 1. The first kappa shape index (κ1) is 25.8. The van der Waals surface area contributed by atoms with E-state index in [1.165, 1.54) is 14.2 Å². The first-order valence-electron chi connectivity index (χ1n) is 11.5. The highest BCUT2D eigenvalue weighted by molar-refractivity contribution is 7.16. The molecule has 0 bridgehead atoms. The third-order valence-corrected chi connectivity index (χ3v) is 6.83. The van der Waals surface area contributed by atoms with Crippen molar-refractivity contribution < 1.29 is 28.6 Å². The second-order valence-corrected chi connectivity index (χ2v) is 9.19. The first-order chi connectivity index (χ1) is 17.9. The maximum atomic E-state index is 12.7. The Hall–Kier alpha value is -4.24. The molecule has 190 valence electrons. The summed E-state index contributed by atoms with van der Waals surface area (Å²) in [6.07, 6.45) is 0.144. The fourth-order valence-electron chi connectivity index (χ4n) is 3.94. The van der Waals surface area contributed by atoms with E-state index in [1.807, 2.05) is 18.2 Å². The number of rotatable bonds is 10. The van der Waals surface area contributed by atoms with Crippen molar-refractivity contribution in [2.75, 3.05) is 20.8 Å². The van der Waals surface area contributed by atoms with Gasteiger partial charge in [0.25, 0.3) is 0 Å². The summed E-state index contributed by atoms with van der Waals surface area (Å²) in [5, 5.41) is 0. The summed E-state index contributed by atoms with van der Waals surface area (Å²) in [4.78, 5) is 49.0. The van der Waals surface area contributed by atoms with Crippen molar-refractivity contribution in [3.8, 4) is 5.75 Å². The molecule has 0 spiro atoms. The van der Waals surface area contributed by atoms with Gasteiger partial charge in [-0.15, -0.1) is 0 Å². The zero-order chi connectivity index (χ0) is 26.4. The van der Waals surface area contributed by atoms with Crippen LogP contribution in [0.25, 0.3) is 10.2 Å². The number of hydrogen-bond acceptors (Lipinski definition) is 8. The quantitative estimate of drug-likeness (QED) is 0.178. The van der Waals surface area contributed by atoms with Gasteiger partial charge >= 0.3 is 16.8 Å². The highest BCUT2D eigenvalue weighted by Gasteiger charge is 2.28. The van der Waals surface area contributed by atoms with E-state index in [4.69, 9.17) is 14.2 Å². The van der Waals surface area contributed by atoms with Crippen molar-refractivity contribution in [1.29, 1.82) is 0 Å². The van der Waals surface area contributed by atoms with Crippen LogP contribution in [-0.2, 0) is 32.0 Å². The van der Waals surface area contributed by atoms with E-state index >= 15 is 0 Å². The minimum atomic E-state index is -1.04. The summed E-state index contributed by atoms with van der Waals surface area (Å²) in [5.41, 5.74) is 2.62. The lowest BCUT2D eigenvalue weighted by Gasteiger charge is -2.13. The van der Waals surface area contributed by atoms with E-state index in [0.717, 1.165) is 27.1 Å². The molecule has 0 N–H and O–H groups in total. The standard InChI is InChI=1S/C28H25NO7S/c1-34-26(31)22(27(32)35-2)16-18-8-11-21(12-9-18)36-15-14-29-23-13-10-20(17-24(23)37-28(29)33)25(30)19-6-4-3-5-7-19/h3-13,17,22H,14-16H2,1-2H3. The number of aromatic nitrogens is 1. The Balaban J connectivity index is 1.40.